The summed E-state index contributed by atoms with van der Waals surface area (Å²) < 4.78 is 19.2. The van der Waals surface area contributed by atoms with Crippen LogP contribution in [0.4, 0.5) is 4.39 Å². The first-order valence-corrected chi connectivity index (χ1v) is 9.50. The topological polar surface area (TPSA) is 12.5 Å². The van der Waals surface area contributed by atoms with Crippen molar-refractivity contribution in [3.63, 3.8) is 0 Å². The molecule has 0 amide bonds. The molecule has 0 saturated carbocycles. The van der Waals surface area contributed by atoms with Crippen molar-refractivity contribution in [2.75, 3.05) is 19.6 Å². The fourth-order valence-corrected chi connectivity index (χ4v) is 4.29. The highest BCUT2D eigenvalue weighted by molar-refractivity contribution is 5.35. The van der Waals surface area contributed by atoms with E-state index in [0.717, 1.165) is 31.8 Å². The van der Waals surface area contributed by atoms with Crippen LogP contribution in [-0.4, -0.2) is 30.6 Å². The number of likely N-dealkylation sites (tertiary alicyclic amines) is 1. The Morgan fingerprint density at radius 1 is 1.00 bits per heavy atom. The monoisotopic (exact) mass is 339 g/mol. The molecule has 1 saturated heterocycles. The van der Waals surface area contributed by atoms with E-state index in [0.29, 0.717) is 5.92 Å². The molecule has 2 unspecified atom stereocenters. The molecule has 0 N–H and O–H groups in total. The highest BCUT2D eigenvalue weighted by atomic mass is 19.1. The third kappa shape index (κ3) is 4.04. The number of aryl methyl sites for hydroxylation is 1. The summed E-state index contributed by atoms with van der Waals surface area (Å²) >= 11 is 0. The summed E-state index contributed by atoms with van der Waals surface area (Å²) in [5, 5.41) is 0. The van der Waals surface area contributed by atoms with E-state index < -0.39 is 0 Å². The van der Waals surface area contributed by atoms with Gasteiger partial charge in [0.1, 0.15) is 17.7 Å². The van der Waals surface area contributed by atoms with Gasteiger partial charge in [-0.15, -0.1) is 0 Å². The third-order valence-corrected chi connectivity index (χ3v) is 5.56. The van der Waals surface area contributed by atoms with Crippen LogP contribution in [0, 0.1) is 5.82 Å². The van der Waals surface area contributed by atoms with Gasteiger partial charge in [0.2, 0.25) is 0 Å². The van der Waals surface area contributed by atoms with E-state index >= 15 is 0 Å². The molecule has 2 nitrogen and oxygen atoms in total. The second kappa shape index (κ2) is 7.57. The van der Waals surface area contributed by atoms with Crippen molar-refractivity contribution < 1.29 is 9.13 Å². The first-order chi connectivity index (χ1) is 12.3. The van der Waals surface area contributed by atoms with E-state index in [-0.39, 0.29) is 11.9 Å². The van der Waals surface area contributed by atoms with Crippen molar-refractivity contribution in [2.45, 2.75) is 44.1 Å². The van der Waals surface area contributed by atoms with Crippen LogP contribution in [0.25, 0.3) is 0 Å². The largest absolute Gasteiger partial charge is 0.489 e. The Labute approximate surface area is 149 Å². The van der Waals surface area contributed by atoms with Crippen LogP contribution in [0.15, 0.2) is 48.5 Å². The fourth-order valence-electron chi connectivity index (χ4n) is 4.29. The van der Waals surface area contributed by atoms with Gasteiger partial charge < -0.3 is 4.74 Å². The summed E-state index contributed by atoms with van der Waals surface area (Å²) in [6, 6.07) is 15.3. The number of fused-ring (bicyclic) bond motifs is 1. The van der Waals surface area contributed by atoms with Gasteiger partial charge in [0.15, 0.2) is 0 Å². The summed E-state index contributed by atoms with van der Waals surface area (Å²) in [6.45, 7) is 3.25. The lowest BCUT2D eigenvalue weighted by Crippen LogP contribution is -2.36. The molecule has 25 heavy (non-hydrogen) atoms. The maximum Gasteiger partial charge on any atom is 0.123 e. The predicted molar refractivity (Wildman–Crippen MR) is 98.6 cm³/mol. The number of hydrogen-bond acceptors (Lipinski definition) is 2. The van der Waals surface area contributed by atoms with E-state index in [2.05, 4.69) is 29.2 Å². The van der Waals surface area contributed by atoms with Gasteiger partial charge in [-0.3, -0.25) is 4.90 Å². The lowest BCUT2D eigenvalue weighted by atomic mass is 10.0. The molecule has 0 bridgehead atoms. The van der Waals surface area contributed by atoms with E-state index in [1.54, 1.807) is 17.7 Å². The van der Waals surface area contributed by atoms with Crippen LogP contribution in [0.1, 0.15) is 42.7 Å². The van der Waals surface area contributed by atoms with Gasteiger partial charge in [0.05, 0.1) is 0 Å². The van der Waals surface area contributed by atoms with E-state index in [1.807, 2.05) is 0 Å². The normalized spacial score (nSPS) is 23.9. The molecule has 1 heterocycles. The fraction of sp³-hybridized carbons (Fsp3) is 0.455. The molecule has 4 rings (SSSR count). The Morgan fingerprint density at radius 3 is 2.72 bits per heavy atom. The highest BCUT2D eigenvalue weighted by Crippen LogP contribution is 2.34. The van der Waals surface area contributed by atoms with Crippen molar-refractivity contribution in [1.29, 1.82) is 0 Å². The number of ether oxygens (including phenoxy) is 1. The molecule has 2 aromatic carbocycles. The second-order valence-corrected chi connectivity index (χ2v) is 7.38. The van der Waals surface area contributed by atoms with Crippen LogP contribution in [0.2, 0.25) is 0 Å². The molecule has 2 aliphatic rings. The molecule has 132 valence electrons. The molecule has 1 aliphatic heterocycles. The van der Waals surface area contributed by atoms with Crippen molar-refractivity contribution in [1.82, 2.24) is 4.90 Å². The zero-order chi connectivity index (χ0) is 17.1. The minimum absolute atomic E-state index is 0.199. The molecule has 0 radical (unpaired) electrons. The molecule has 0 spiro atoms. The molecule has 2 atom stereocenters. The van der Waals surface area contributed by atoms with Gasteiger partial charge in [-0.2, -0.15) is 0 Å². The summed E-state index contributed by atoms with van der Waals surface area (Å²) in [7, 11) is 0. The number of hydrogen-bond donors (Lipinski definition) is 0. The number of benzene rings is 2. The smallest absolute Gasteiger partial charge is 0.123 e. The Bertz CT molecular complexity index is 699. The zero-order valence-electron chi connectivity index (χ0n) is 14.7. The maximum atomic E-state index is 13.1. The summed E-state index contributed by atoms with van der Waals surface area (Å²) in [5.41, 5.74) is 3.07. The van der Waals surface area contributed by atoms with Gasteiger partial charge in [-0.25, -0.2) is 4.39 Å². The average Bonchev–Trinajstić information content (AvgIpc) is 2.89. The van der Waals surface area contributed by atoms with Crippen molar-refractivity contribution in [3.05, 3.63) is 65.5 Å². The van der Waals surface area contributed by atoms with E-state index in [9.17, 15) is 4.39 Å². The van der Waals surface area contributed by atoms with E-state index in [1.165, 1.54) is 43.4 Å². The van der Waals surface area contributed by atoms with Gasteiger partial charge in [-0.1, -0.05) is 24.3 Å². The number of rotatable bonds is 4. The molecule has 3 heteroatoms. The zero-order valence-corrected chi connectivity index (χ0v) is 14.7. The van der Waals surface area contributed by atoms with Crippen LogP contribution in [0.5, 0.6) is 5.75 Å². The van der Waals surface area contributed by atoms with Crippen molar-refractivity contribution >= 4 is 0 Å². The number of nitrogens with zero attached hydrogens (tertiary/aromatic N) is 1. The SMILES string of the molecule is Fc1ccc(OC2CCCCN(CC3CCc4ccccc43)C2)cc1. The molecule has 0 aromatic heterocycles. The Morgan fingerprint density at radius 2 is 1.84 bits per heavy atom. The first kappa shape index (κ1) is 16.6. The van der Waals surface area contributed by atoms with Crippen molar-refractivity contribution in [3.8, 4) is 5.75 Å². The molecular weight excluding hydrogens is 313 g/mol. The summed E-state index contributed by atoms with van der Waals surface area (Å²) in [5.74, 6) is 1.22. The second-order valence-electron chi connectivity index (χ2n) is 7.38. The highest BCUT2D eigenvalue weighted by Gasteiger charge is 2.26. The average molecular weight is 339 g/mol. The lowest BCUT2D eigenvalue weighted by Gasteiger charge is -2.27. The van der Waals surface area contributed by atoms with Crippen LogP contribution < -0.4 is 4.74 Å². The minimum atomic E-state index is -0.213. The molecular formula is C22H26FNO. The quantitative estimate of drug-likeness (QED) is 0.794. The third-order valence-electron chi connectivity index (χ3n) is 5.56. The minimum Gasteiger partial charge on any atom is -0.489 e. The number of halogens is 1. The first-order valence-electron chi connectivity index (χ1n) is 9.50. The van der Waals surface area contributed by atoms with Gasteiger partial charge in [0, 0.05) is 13.1 Å². The van der Waals surface area contributed by atoms with Crippen LogP contribution in [-0.2, 0) is 6.42 Å². The summed E-state index contributed by atoms with van der Waals surface area (Å²) in [4.78, 5) is 2.58. The van der Waals surface area contributed by atoms with Crippen LogP contribution in [0.3, 0.4) is 0 Å². The van der Waals surface area contributed by atoms with E-state index in [4.69, 9.17) is 4.74 Å². The Kier molecular flexibility index (Phi) is 5.02. The van der Waals surface area contributed by atoms with Gasteiger partial charge >= 0.3 is 0 Å². The van der Waals surface area contributed by atoms with Gasteiger partial charge in [0.25, 0.3) is 0 Å². The summed E-state index contributed by atoms with van der Waals surface area (Å²) in [6.07, 6.45) is 6.18. The molecule has 1 fully saturated rings. The van der Waals surface area contributed by atoms with Crippen molar-refractivity contribution in [2.24, 2.45) is 0 Å². The van der Waals surface area contributed by atoms with Crippen LogP contribution >= 0.6 is 0 Å². The Balaban J connectivity index is 1.39. The Hall–Kier alpha value is -1.87. The lowest BCUT2D eigenvalue weighted by molar-refractivity contribution is 0.137. The molecule has 2 aromatic rings. The van der Waals surface area contributed by atoms with Gasteiger partial charge in [-0.05, 0) is 80.0 Å². The maximum absolute atomic E-state index is 13.1. The standard InChI is InChI=1S/C22H26FNO/c23-19-10-12-20(13-11-19)25-21-6-3-4-14-24(16-21)15-18-9-8-17-5-1-2-7-22(17)18/h1-2,5,7,10-13,18,21H,3-4,6,8-9,14-16H2. The molecule has 1 aliphatic carbocycles. The predicted octanol–water partition coefficient (Wildman–Crippen LogP) is 4.79.